The number of nitrogens with zero attached hydrogens (tertiary/aromatic N) is 1. The van der Waals surface area contributed by atoms with Gasteiger partial charge in [-0.2, -0.15) is 0 Å². The molecular weight excluding hydrogens is 750 g/mol. The normalized spacial score (nSPS) is 14.1. The SMILES string of the molecule is CCCCC/C=C/C/C=C/C/C=C/CCCCCCC(=O)OC[C@H](COP(=O)([O-])OCC[N+](C)(C)C)OC(=O)CCCCCCCCC/C=C/C/C=C/CCCCC. The Labute approximate surface area is 356 Å². The Kier molecular flexibility index (Phi) is 38.5. The fraction of sp³-hybridized carbons (Fsp3) is 0.750. The molecule has 0 N–H and O–H groups in total. The molecule has 2 atom stereocenters. The monoisotopic (exact) mass is 836 g/mol. The second kappa shape index (κ2) is 40.1. The van der Waals surface area contributed by atoms with Crippen molar-refractivity contribution >= 4 is 19.8 Å². The van der Waals surface area contributed by atoms with E-state index in [4.69, 9.17) is 18.5 Å². The number of likely N-dealkylation sites (N-methyl/N-ethyl adjacent to an activating group) is 1. The Morgan fingerprint density at radius 3 is 1.38 bits per heavy atom. The average Bonchev–Trinajstić information content (AvgIpc) is 3.17. The predicted molar refractivity (Wildman–Crippen MR) is 240 cm³/mol. The van der Waals surface area contributed by atoms with Gasteiger partial charge in [0.25, 0.3) is 7.82 Å². The number of allylic oxidation sites excluding steroid dienone is 10. The van der Waals surface area contributed by atoms with E-state index in [0.717, 1.165) is 70.6 Å². The zero-order valence-electron chi connectivity index (χ0n) is 37.7. The predicted octanol–water partition coefficient (Wildman–Crippen LogP) is 12.6. The minimum atomic E-state index is -4.64. The standard InChI is InChI=1S/C48H86NO8P/c1-6-8-10-12-14-16-18-20-22-24-26-28-30-32-34-36-38-40-47(50)54-44-46(45-56-58(52,53)55-43-42-49(3,4)5)57-48(51)41-39-37-35-33-31-29-27-25-23-21-19-17-15-13-11-9-7-2/h14-17,20-23,26,28,46H,6-13,18-19,24-25,27,29-45H2,1-5H3/b16-14+,17-15+,22-20+,23-21+,28-26+/t46-/m1/s1. The van der Waals surface area contributed by atoms with Crippen molar-refractivity contribution in [3.8, 4) is 0 Å². The van der Waals surface area contributed by atoms with Crippen LogP contribution in [0.15, 0.2) is 60.8 Å². The van der Waals surface area contributed by atoms with Crippen molar-refractivity contribution in [3.05, 3.63) is 60.8 Å². The molecule has 0 saturated heterocycles. The number of phosphoric ester groups is 1. The summed E-state index contributed by atoms with van der Waals surface area (Å²) in [7, 11) is 1.14. The van der Waals surface area contributed by atoms with Crippen LogP contribution in [0.4, 0.5) is 0 Å². The summed E-state index contributed by atoms with van der Waals surface area (Å²) in [5.41, 5.74) is 0. The van der Waals surface area contributed by atoms with Crippen LogP contribution in [0.5, 0.6) is 0 Å². The van der Waals surface area contributed by atoms with E-state index in [-0.39, 0.29) is 26.1 Å². The molecule has 0 aliphatic heterocycles. The van der Waals surface area contributed by atoms with Gasteiger partial charge in [-0.1, -0.05) is 145 Å². The van der Waals surface area contributed by atoms with Crippen LogP contribution in [0.25, 0.3) is 0 Å². The Balaban J connectivity index is 4.40. The number of unbranched alkanes of at least 4 members (excludes halogenated alkanes) is 17. The Bertz CT molecular complexity index is 1170. The number of ether oxygens (including phenoxy) is 2. The molecule has 0 aromatic heterocycles. The number of esters is 2. The third-order valence-electron chi connectivity index (χ3n) is 9.51. The fourth-order valence-electron chi connectivity index (χ4n) is 5.87. The van der Waals surface area contributed by atoms with E-state index < -0.39 is 32.5 Å². The number of carbonyl (C=O) groups excluding carboxylic acids is 2. The zero-order chi connectivity index (χ0) is 42.8. The number of hydrogen-bond donors (Lipinski definition) is 0. The summed E-state index contributed by atoms with van der Waals surface area (Å²) in [4.78, 5) is 37.6. The van der Waals surface area contributed by atoms with Crippen LogP contribution in [0.2, 0.25) is 0 Å². The number of phosphoric acid groups is 1. The molecule has 336 valence electrons. The first-order chi connectivity index (χ1) is 28.0. The van der Waals surface area contributed by atoms with Gasteiger partial charge in [-0.05, 0) is 83.5 Å². The van der Waals surface area contributed by atoms with Crippen LogP contribution in [-0.2, 0) is 32.7 Å². The van der Waals surface area contributed by atoms with Crippen LogP contribution in [0.3, 0.4) is 0 Å². The number of carbonyl (C=O) groups is 2. The quantitative estimate of drug-likeness (QED) is 0.0197. The molecular formula is C48H86NO8P. The lowest BCUT2D eigenvalue weighted by molar-refractivity contribution is -0.870. The third kappa shape index (κ3) is 43.3. The van der Waals surface area contributed by atoms with Crippen LogP contribution < -0.4 is 4.89 Å². The summed E-state index contributed by atoms with van der Waals surface area (Å²) in [5, 5.41) is 0. The highest BCUT2D eigenvalue weighted by Gasteiger charge is 2.21. The summed E-state index contributed by atoms with van der Waals surface area (Å²) < 4.78 is 33.9. The van der Waals surface area contributed by atoms with E-state index in [2.05, 4.69) is 74.6 Å². The van der Waals surface area contributed by atoms with Crippen molar-refractivity contribution in [2.45, 2.75) is 187 Å². The lowest BCUT2D eigenvalue weighted by atomic mass is 10.1. The Hall–Kier alpha value is -2.29. The van der Waals surface area contributed by atoms with Gasteiger partial charge >= 0.3 is 11.9 Å². The van der Waals surface area contributed by atoms with E-state index in [1.165, 1.54) is 70.6 Å². The van der Waals surface area contributed by atoms with Gasteiger partial charge in [0.1, 0.15) is 19.8 Å². The maximum absolute atomic E-state index is 12.7. The zero-order valence-corrected chi connectivity index (χ0v) is 38.6. The molecule has 0 bridgehead atoms. The van der Waals surface area contributed by atoms with Gasteiger partial charge in [0.05, 0.1) is 27.7 Å². The first kappa shape index (κ1) is 55.7. The Morgan fingerprint density at radius 2 is 0.931 bits per heavy atom. The van der Waals surface area contributed by atoms with Crippen molar-refractivity contribution in [3.63, 3.8) is 0 Å². The highest BCUT2D eigenvalue weighted by Crippen LogP contribution is 2.38. The molecule has 0 heterocycles. The van der Waals surface area contributed by atoms with Crippen LogP contribution in [0, 0.1) is 0 Å². The summed E-state index contributed by atoms with van der Waals surface area (Å²) >= 11 is 0. The number of quaternary nitrogens is 1. The topological polar surface area (TPSA) is 111 Å². The van der Waals surface area contributed by atoms with Gasteiger partial charge in [-0.15, -0.1) is 0 Å². The molecule has 0 rings (SSSR count). The molecule has 0 aliphatic rings. The average molecular weight is 836 g/mol. The van der Waals surface area contributed by atoms with Gasteiger partial charge in [0.15, 0.2) is 6.10 Å². The smallest absolute Gasteiger partial charge is 0.306 e. The molecule has 0 aromatic carbocycles. The molecule has 1 unspecified atom stereocenters. The van der Waals surface area contributed by atoms with E-state index >= 15 is 0 Å². The summed E-state index contributed by atoms with van der Waals surface area (Å²) in [6.45, 7) is 4.13. The second-order valence-corrected chi connectivity index (χ2v) is 17.8. The molecule has 0 amide bonds. The summed E-state index contributed by atoms with van der Waals surface area (Å²) in [5.74, 6) is -0.872. The minimum Gasteiger partial charge on any atom is -0.756 e. The van der Waals surface area contributed by atoms with Crippen molar-refractivity contribution in [1.29, 1.82) is 0 Å². The molecule has 0 aliphatic carbocycles. The molecule has 9 nitrogen and oxygen atoms in total. The van der Waals surface area contributed by atoms with E-state index in [0.29, 0.717) is 23.9 Å². The van der Waals surface area contributed by atoms with Crippen LogP contribution >= 0.6 is 7.82 Å². The Morgan fingerprint density at radius 1 is 0.534 bits per heavy atom. The van der Waals surface area contributed by atoms with Crippen LogP contribution in [-0.4, -0.2) is 70.0 Å². The largest absolute Gasteiger partial charge is 0.756 e. The molecule has 0 radical (unpaired) electrons. The van der Waals surface area contributed by atoms with Crippen molar-refractivity contribution in [2.75, 3.05) is 47.5 Å². The lowest BCUT2D eigenvalue weighted by Crippen LogP contribution is -2.37. The van der Waals surface area contributed by atoms with Gasteiger partial charge in [-0.3, -0.25) is 14.2 Å². The summed E-state index contributed by atoms with van der Waals surface area (Å²) in [6.07, 6.45) is 48.1. The minimum absolute atomic E-state index is 0.0388. The van der Waals surface area contributed by atoms with Crippen molar-refractivity contribution in [2.24, 2.45) is 0 Å². The maximum Gasteiger partial charge on any atom is 0.306 e. The molecule has 58 heavy (non-hydrogen) atoms. The van der Waals surface area contributed by atoms with Crippen molar-refractivity contribution < 1.29 is 42.1 Å². The van der Waals surface area contributed by atoms with E-state index in [9.17, 15) is 19.0 Å². The van der Waals surface area contributed by atoms with Crippen LogP contribution in [0.1, 0.15) is 181 Å². The van der Waals surface area contributed by atoms with Gasteiger partial charge in [0.2, 0.25) is 0 Å². The van der Waals surface area contributed by atoms with Gasteiger partial charge in [0, 0.05) is 12.8 Å². The third-order valence-corrected chi connectivity index (χ3v) is 10.5. The maximum atomic E-state index is 12.7. The van der Waals surface area contributed by atoms with Crippen molar-refractivity contribution in [1.82, 2.24) is 0 Å². The fourth-order valence-corrected chi connectivity index (χ4v) is 6.60. The van der Waals surface area contributed by atoms with Gasteiger partial charge in [-0.25, -0.2) is 0 Å². The molecule has 0 fully saturated rings. The first-order valence-corrected chi connectivity index (χ1v) is 24.5. The summed E-state index contributed by atoms with van der Waals surface area (Å²) in [6, 6.07) is 0. The highest BCUT2D eigenvalue weighted by molar-refractivity contribution is 7.45. The first-order valence-electron chi connectivity index (χ1n) is 23.0. The molecule has 10 heteroatoms. The number of hydrogen-bond acceptors (Lipinski definition) is 8. The molecule has 0 saturated carbocycles. The number of rotatable bonds is 41. The lowest BCUT2D eigenvalue weighted by Gasteiger charge is -2.28. The molecule has 0 aromatic rings. The second-order valence-electron chi connectivity index (χ2n) is 16.4. The highest BCUT2D eigenvalue weighted by atomic mass is 31.2. The van der Waals surface area contributed by atoms with Gasteiger partial charge < -0.3 is 27.9 Å². The van der Waals surface area contributed by atoms with E-state index in [1.807, 2.05) is 21.1 Å². The molecule has 0 spiro atoms. The van der Waals surface area contributed by atoms with E-state index in [1.54, 1.807) is 0 Å².